The summed E-state index contributed by atoms with van der Waals surface area (Å²) >= 11 is 0. The summed E-state index contributed by atoms with van der Waals surface area (Å²) in [6.07, 6.45) is 0.989. The van der Waals surface area contributed by atoms with E-state index in [0.717, 1.165) is 29.3 Å². The van der Waals surface area contributed by atoms with E-state index in [1.54, 1.807) is 0 Å². The van der Waals surface area contributed by atoms with Crippen LogP contribution < -0.4 is 5.73 Å². The maximum absolute atomic E-state index is 6.26. The van der Waals surface area contributed by atoms with Crippen LogP contribution in [0.25, 0.3) is 11.3 Å². The number of hydrogen-bond acceptors (Lipinski definition) is 2. The monoisotopic (exact) mass is 243 g/mol. The largest absolute Gasteiger partial charge is 0.383 e. The number of nitrogen functional groups attached to an aromatic ring is 1. The Morgan fingerprint density at radius 3 is 2.50 bits per heavy atom. The van der Waals surface area contributed by atoms with Crippen LogP contribution in [-0.2, 0) is 6.42 Å². The number of anilines is 1. The number of nitrogens with two attached hydrogens (primary N) is 1. The molecule has 0 fully saturated rings. The highest BCUT2D eigenvalue weighted by Crippen LogP contribution is 2.31. The fraction of sp³-hybridized carbons (Fsp3) is 0.400. The summed E-state index contributed by atoms with van der Waals surface area (Å²) in [5.41, 5.74) is 9.62. The molecular weight excluding hydrogens is 222 g/mol. The molecule has 0 bridgehead atoms. The number of hydrogen-bond donors (Lipinski definition) is 1. The first-order valence-corrected chi connectivity index (χ1v) is 6.48. The molecule has 1 heterocycles. The van der Waals surface area contributed by atoms with Gasteiger partial charge in [-0.05, 0) is 32.8 Å². The summed E-state index contributed by atoms with van der Waals surface area (Å²) in [7, 11) is 0. The van der Waals surface area contributed by atoms with Crippen LogP contribution in [0.15, 0.2) is 24.3 Å². The zero-order valence-electron chi connectivity index (χ0n) is 11.6. The lowest BCUT2D eigenvalue weighted by Crippen LogP contribution is -2.07. The lowest BCUT2D eigenvalue weighted by Gasteiger charge is -2.12. The molecule has 0 aliphatic carbocycles. The number of aromatic nitrogens is 2. The van der Waals surface area contributed by atoms with E-state index >= 15 is 0 Å². The Kier molecular flexibility index (Phi) is 3.41. The molecule has 0 unspecified atom stereocenters. The molecule has 0 saturated heterocycles. The average molecular weight is 243 g/mol. The maximum atomic E-state index is 6.26. The highest BCUT2D eigenvalue weighted by molar-refractivity contribution is 5.73. The molecule has 1 aromatic carbocycles. The second kappa shape index (κ2) is 4.84. The minimum atomic E-state index is 0.333. The molecule has 0 atom stereocenters. The highest BCUT2D eigenvalue weighted by Gasteiger charge is 2.16. The van der Waals surface area contributed by atoms with E-state index < -0.39 is 0 Å². The first-order chi connectivity index (χ1) is 8.56. The van der Waals surface area contributed by atoms with Gasteiger partial charge in [-0.3, -0.25) is 0 Å². The second-order valence-corrected chi connectivity index (χ2v) is 4.87. The van der Waals surface area contributed by atoms with Crippen molar-refractivity contribution in [3.8, 4) is 11.3 Å². The Morgan fingerprint density at radius 1 is 1.28 bits per heavy atom. The molecule has 3 nitrogen and oxygen atoms in total. The van der Waals surface area contributed by atoms with E-state index in [2.05, 4.69) is 48.5 Å². The molecule has 0 aliphatic heterocycles. The van der Waals surface area contributed by atoms with Gasteiger partial charge in [0.25, 0.3) is 0 Å². The smallest absolute Gasteiger partial charge is 0.131 e. The minimum absolute atomic E-state index is 0.333. The Hall–Kier alpha value is -1.77. The Labute approximate surface area is 109 Å². The third-order valence-electron chi connectivity index (χ3n) is 3.29. The highest BCUT2D eigenvalue weighted by atomic mass is 15.2. The predicted octanol–water partition coefficient (Wildman–Crippen LogP) is 3.58. The first-order valence-electron chi connectivity index (χ1n) is 6.48. The molecule has 0 spiro atoms. The van der Waals surface area contributed by atoms with E-state index in [9.17, 15) is 0 Å². The van der Waals surface area contributed by atoms with E-state index in [-0.39, 0.29) is 0 Å². The van der Waals surface area contributed by atoms with Gasteiger partial charge in [0, 0.05) is 11.6 Å². The molecule has 2 aromatic rings. The van der Waals surface area contributed by atoms with E-state index in [0.29, 0.717) is 6.04 Å². The number of rotatable bonds is 3. The molecule has 0 saturated carbocycles. The SMILES string of the molecule is CCc1ccccc1-c1nc(C)n(C(C)C)c1N. The molecular formula is C15H21N3. The Morgan fingerprint density at radius 2 is 1.94 bits per heavy atom. The summed E-state index contributed by atoms with van der Waals surface area (Å²) in [4.78, 5) is 4.65. The van der Waals surface area contributed by atoms with Crippen molar-refractivity contribution in [2.75, 3.05) is 5.73 Å². The topological polar surface area (TPSA) is 43.8 Å². The average Bonchev–Trinajstić information content (AvgIpc) is 2.64. The van der Waals surface area contributed by atoms with Crippen LogP contribution >= 0.6 is 0 Å². The van der Waals surface area contributed by atoms with Gasteiger partial charge in [0.2, 0.25) is 0 Å². The van der Waals surface area contributed by atoms with Gasteiger partial charge in [0.1, 0.15) is 17.3 Å². The van der Waals surface area contributed by atoms with Gasteiger partial charge < -0.3 is 10.3 Å². The van der Waals surface area contributed by atoms with Crippen molar-refractivity contribution in [3.05, 3.63) is 35.7 Å². The molecule has 18 heavy (non-hydrogen) atoms. The summed E-state index contributed by atoms with van der Waals surface area (Å²) < 4.78 is 2.09. The Bertz CT molecular complexity index is 553. The van der Waals surface area contributed by atoms with Gasteiger partial charge in [-0.25, -0.2) is 4.98 Å². The van der Waals surface area contributed by atoms with Gasteiger partial charge in [0.15, 0.2) is 0 Å². The van der Waals surface area contributed by atoms with Gasteiger partial charge in [-0.2, -0.15) is 0 Å². The molecule has 2 rings (SSSR count). The maximum Gasteiger partial charge on any atom is 0.131 e. The molecule has 96 valence electrons. The zero-order valence-corrected chi connectivity index (χ0v) is 11.6. The molecule has 0 aliphatic rings. The van der Waals surface area contributed by atoms with Crippen molar-refractivity contribution in [1.82, 2.24) is 9.55 Å². The van der Waals surface area contributed by atoms with Gasteiger partial charge in [-0.15, -0.1) is 0 Å². The van der Waals surface area contributed by atoms with Gasteiger partial charge in [-0.1, -0.05) is 31.2 Å². The minimum Gasteiger partial charge on any atom is -0.383 e. The second-order valence-electron chi connectivity index (χ2n) is 4.87. The number of aryl methyl sites for hydroxylation is 2. The molecule has 1 aromatic heterocycles. The summed E-state index contributed by atoms with van der Waals surface area (Å²) in [6.45, 7) is 8.41. The lowest BCUT2D eigenvalue weighted by molar-refractivity contribution is 0.590. The van der Waals surface area contributed by atoms with Crippen molar-refractivity contribution in [2.45, 2.75) is 40.2 Å². The number of nitrogens with zero attached hydrogens (tertiary/aromatic N) is 2. The summed E-state index contributed by atoms with van der Waals surface area (Å²) in [5.74, 6) is 1.74. The van der Waals surface area contributed by atoms with E-state index in [1.165, 1.54) is 5.56 Å². The fourth-order valence-electron chi connectivity index (χ4n) is 2.47. The zero-order chi connectivity index (χ0) is 13.3. The van der Waals surface area contributed by atoms with Crippen LogP contribution in [0.2, 0.25) is 0 Å². The van der Waals surface area contributed by atoms with Crippen LogP contribution in [-0.4, -0.2) is 9.55 Å². The van der Waals surface area contributed by atoms with Gasteiger partial charge >= 0.3 is 0 Å². The molecule has 2 N–H and O–H groups in total. The van der Waals surface area contributed by atoms with Crippen molar-refractivity contribution in [1.29, 1.82) is 0 Å². The first kappa shape index (κ1) is 12.7. The Balaban J connectivity index is 2.62. The van der Waals surface area contributed by atoms with E-state index in [4.69, 9.17) is 5.73 Å². The molecule has 3 heteroatoms. The van der Waals surface area contributed by atoms with Crippen molar-refractivity contribution < 1.29 is 0 Å². The van der Waals surface area contributed by atoms with Crippen molar-refractivity contribution in [2.24, 2.45) is 0 Å². The number of benzene rings is 1. The van der Waals surface area contributed by atoms with Crippen LogP contribution in [0, 0.1) is 6.92 Å². The summed E-state index contributed by atoms with van der Waals surface area (Å²) in [6, 6.07) is 8.67. The molecule has 0 radical (unpaired) electrons. The van der Waals surface area contributed by atoms with Crippen LogP contribution in [0.1, 0.15) is 38.2 Å². The van der Waals surface area contributed by atoms with Crippen molar-refractivity contribution in [3.63, 3.8) is 0 Å². The predicted molar refractivity (Wildman–Crippen MR) is 76.6 cm³/mol. The van der Waals surface area contributed by atoms with Crippen molar-refractivity contribution >= 4 is 5.82 Å². The molecule has 0 amide bonds. The fourth-order valence-corrected chi connectivity index (χ4v) is 2.47. The summed E-state index contributed by atoms with van der Waals surface area (Å²) in [5, 5.41) is 0. The number of imidazole rings is 1. The van der Waals surface area contributed by atoms with Gasteiger partial charge in [0.05, 0.1) is 0 Å². The van der Waals surface area contributed by atoms with Crippen LogP contribution in [0.4, 0.5) is 5.82 Å². The quantitative estimate of drug-likeness (QED) is 0.895. The standard InChI is InChI=1S/C15H21N3/c1-5-12-8-6-7-9-13(12)14-15(16)18(10(2)3)11(4)17-14/h6-10H,5,16H2,1-4H3. The third-order valence-corrected chi connectivity index (χ3v) is 3.29. The third kappa shape index (κ3) is 2.01. The van der Waals surface area contributed by atoms with E-state index in [1.807, 2.05) is 13.0 Å². The normalized spacial score (nSPS) is 11.2. The van der Waals surface area contributed by atoms with Crippen LogP contribution in [0.5, 0.6) is 0 Å². The lowest BCUT2D eigenvalue weighted by atomic mass is 10.0. The van der Waals surface area contributed by atoms with Crippen LogP contribution in [0.3, 0.4) is 0 Å².